The number of ether oxygens (including phenoxy) is 1. The number of morpholine rings is 1. The fraction of sp³-hybridized carbons (Fsp3) is 0.600. The molecule has 1 aliphatic rings. The van der Waals surface area contributed by atoms with Gasteiger partial charge in [0, 0.05) is 24.0 Å². The van der Waals surface area contributed by atoms with Crippen molar-refractivity contribution in [2.24, 2.45) is 5.73 Å². The molecule has 0 saturated carbocycles. The first kappa shape index (κ1) is 14.9. The van der Waals surface area contributed by atoms with Crippen molar-refractivity contribution in [2.45, 2.75) is 36.9 Å². The highest BCUT2D eigenvalue weighted by molar-refractivity contribution is 7.98. The molecule has 1 aromatic carbocycles. The summed E-state index contributed by atoms with van der Waals surface area (Å²) in [7, 11) is 0. The standard InChI is InChI=1S/C15H24N2OS/c1-11(2)17-8-9-18-14(10-16)15(17)12-4-6-13(19-3)7-5-12/h4-7,11,14-15H,8-10,16H2,1-3H3. The molecule has 1 heterocycles. The van der Waals surface area contributed by atoms with E-state index in [1.807, 2.05) is 0 Å². The first-order valence-corrected chi connectivity index (χ1v) is 8.11. The molecule has 2 unspecified atom stereocenters. The van der Waals surface area contributed by atoms with Gasteiger partial charge in [-0.3, -0.25) is 4.90 Å². The largest absolute Gasteiger partial charge is 0.374 e. The molecule has 1 aliphatic heterocycles. The van der Waals surface area contributed by atoms with Gasteiger partial charge in [0.2, 0.25) is 0 Å². The highest BCUT2D eigenvalue weighted by Crippen LogP contribution is 2.31. The minimum absolute atomic E-state index is 0.0938. The van der Waals surface area contributed by atoms with Crippen LogP contribution in [0.1, 0.15) is 25.5 Å². The van der Waals surface area contributed by atoms with Crippen molar-refractivity contribution in [1.29, 1.82) is 0 Å². The Hall–Kier alpha value is -0.550. The Morgan fingerprint density at radius 3 is 2.58 bits per heavy atom. The van der Waals surface area contributed by atoms with Crippen LogP contribution in [0.2, 0.25) is 0 Å². The third-order valence-electron chi connectivity index (χ3n) is 3.74. The molecule has 0 radical (unpaired) electrons. The summed E-state index contributed by atoms with van der Waals surface area (Å²) in [6.45, 7) is 6.80. The van der Waals surface area contributed by atoms with Crippen LogP contribution in [0.15, 0.2) is 29.2 Å². The zero-order chi connectivity index (χ0) is 13.8. The molecule has 3 nitrogen and oxygen atoms in total. The van der Waals surface area contributed by atoms with Gasteiger partial charge in [0.25, 0.3) is 0 Å². The fourth-order valence-electron chi connectivity index (χ4n) is 2.74. The highest BCUT2D eigenvalue weighted by atomic mass is 32.2. The zero-order valence-corrected chi connectivity index (χ0v) is 12.8. The lowest BCUT2D eigenvalue weighted by atomic mass is 9.96. The summed E-state index contributed by atoms with van der Waals surface area (Å²) < 4.78 is 5.86. The molecule has 2 atom stereocenters. The number of benzene rings is 1. The van der Waals surface area contributed by atoms with E-state index in [2.05, 4.69) is 49.3 Å². The molecular weight excluding hydrogens is 256 g/mol. The lowest BCUT2D eigenvalue weighted by molar-refractivity contribution is -0.0789. The summed E-state index contributed by atoms with van der Waals surface area (Å²) >= 11 is 1.77. The molecule has 0 aromatic heterocycles. The van der Waals surface area contributed by atoms with Crippen LogP contribution in [0.5, 0.6) is 0 Å². The Morgan fingerprint density at radius 2 is 2.05 bits per heavy atom. The molecule has 0 amide bonds. The molecule has 1 aromatic rings. The second kappa shape index (κ2) is 6.75. The molecule has 19 heavy (non-hydrogen) atoms. The van der Waals surface area contributed by atoms with E-state index in [0.29, 0.717) is 12.6 Å². The van der Waals surface area contributed by atoms with Crippen LogP contribution in [0.25, 0.3) is 0 Å². The topological polar surface area (TPSA) is 38.5 Å². The van der Waals surface area contributed by atoms with Gasteiger partial charge < -0.3 is 10.5 Å². The number of thioether (sulfide) groups is 1. The average molecular weight is 280 g/mol. The van der Waals surface area contributed by atoms with Gasteiger partial charge >= 0.3 is 0 Å². The van der Waals surface area contributed by atoms with Crippen LogP contribution in [0.4, 0.5) is 0 Å². The van der Waals surface area contributed by atoms with Gasteiger partial charge in [-0.15, -0.1) is 11.8 Å². The van der Waals surface area contributed by atoms with E-state index in [-0.39, 0.29) is 12.1 Å². The van der Waals surface area contributed by atoms with Gasteiger partial charge in [0.15, 0.2) is 0 Å². The smallest absolute Gasteiger partial charge is 0.0894 e. The third kappa shape index (κ3) is 3.31. The van der Waals surface area contributed by atoms with Crippen LogP contribution in [0, 0.1) is 0 Å². The van der Waals surface area contributed by atoms with Gasteiger partial charge in [0.1, 0.15) is 0 Å². The molecule has 4 heteroatoms. The second-order valence-electron chi connectivity index (χ2n) is 5.19. The molecule has 106 valence electrons. The maximum atomic E-state index is 5.89. The summed E-state index contributed by atoms with van der Waals surface area (Å²) in [6, 6.07) is 9.56. The van der Waals surface area contributed by atoms with E-state index in [0.717, 1.165) is 13.2 Å². The molecule has 0 aliphatic carbocycles. The monoisotopic (exact) mass is 280 g/mol. The van der Waals surface area contributed by atoms with E-state index in [9.17, 15) is 0 Å². The maximum absolute atomic E-state index is 5.89. The van der Waals surface area contributed by atoms with Crippen LogP contribution < -0.4 is 5.73 Å². The van der Waals surface area contributed by atoms with E-state index >= 15 is 0 Å². The van der Waals surface area contributed by atoms with Crippen molar-refractivity contribution in [3.8, 4) is 0 Å². The highest BCUT2D eigenvalue weighted by Gasteiger charge is 2.33. The fourth-order valence-corrected chi connectivity index (χ4v) is 3.15. The summed E-state index contributed by atoms with van der Waals surface area (Å²) in [5.41, 5.74) is 7.20. The second-order valence-corrected chi connectivity index (χ2v) is 6.07. The van der Waals surface area contributed by atoms with Crippen molar-refractivity contribution < 1.29 is 4.74 Å². The van der Waals surface area contributed by atoms with Crippen LogP contribution in [0.3, 0.4) is 0 Å². The van der Waals surface area contributed by atoms with E-state index in [1.54, 1.807) is 11.8 Å². The Labute approximate surface area is 120 Å². The van der Waals surface area contributed by atoms with Gasteiger partial charge in [-0.25, -0.2) is 0 Å². The maximum Gasteiger partial charge on any atom is 0.0894 e. The Morgan fingerprint density at radius 1 is 1.37 bits per heavy atom. The SMILES string of the molecule is CSc1ccc(C2C(CN)OCCN2C(C)C)cc1. The minimum Gasteiger partial charge on any atom is -0.374 e. The molecule has 0 bridgehead atoms. The van der Waals surface area contributed by atoms with Gasteiger partial charge in [-0.05, 0) is 37.8 Å². The van der Waals surface area contributed by atoms with E-state index in [1.165, 1.54) is 10.5 Å². The third-order valence-corrected chi connectivity index (χ3v) is 4.49. The lowest BCUT2D eigenvalue weighted by Gasteiger charge is -2.43. The Balaban J connectivity index is 2.28. The summed E-state index contributed by atoms with van der Waals surface area (Å²) in [5.74, 6) is 0. The van der Waals surface area contributed by atoms with Crippen molar-refractivity contribution in [3.63, 3.8) is 0 Å². The molecule has 1 saturated heterocycles. The van der Waals surface area contributed by atoms with Crippen LogP contribution in [-0.2, 0) is 4.74 Å². The predicted octanol–water partition coefficient (Wildman–Crippen LogP) is 2.52. The number of hydrogen-bond acceptors (Lipinski definition) is 4. The van der Waals surface area contributed by atoms with Crippen molar-refractivity contribution in [3.05, 3.63) is 29.8 Å². The quantitative estimate of drug-likeness (QED) is 0.860. The normalized spacial score (nSPS) is 24.9. The Kier molecular flexibility index (Phi) is 5.28. The number of nitrogens with two attached hydrogens (primary N) is 1. The summed E-state index contributed by atoms with van der Waals surface area (Å²) in [4.78, 5) is 3.79. The average Bonchev–Trinajstić information content (AvgIpc) is 2.46. The van der Waals surface area contributed by atoms with Crippen molar-refractivity contribution >= 4 is 11.8 Å². The zero-order valence-electron chi connectivity index (χ0n) is 12.0. The van der Waals surface area contributed by atoms with E-state index < -0.39 is 0 Å². The number of nitrogens with zero attached hydrogens (tertiary/aromatic N) is 1. The predicted molar refractivity (Wildman–Crippen MR) is 81.6 cm³/mol. The number of hydrogen-bond donors (Lipinski definition) is 1. The van der Waals surface area contributed by atoms with Crippen LogP contribution >= 0.6 is 11.8 Å². The van der Waals surface area contributed by atoms with Gasteiger partial charge in [-0.2, -0.15) is 0 Å². The first-order chi connectivity index (χ1) is 9.17. The van der Waals surface area contributed by atoms with Crippen LogP contribution in [-0.4, -0.2) is 43.0 Å². The summed E-state index contributed by atoms with van der Waals surface area (Å²) in [5, 5.41) is 0. The van der Waals surface area contributed by atoms with Gasteiger partial charge in [-0.1, -0.05) is 12.1 Å². The molecule has 0 spiro atoms. The van der Waals surface area contributed by atoms with Crippen molar-refractivity contribution in [2.75, 3.05) is 26.0 Å². The molecule has 2 rings (SSSR count). The Bertz CT molecular complexity index is 394. The van der Waals surface area contributed by atoms with E-state index in [4.69, 9.17) is 10.5 Å². The minimum atomic E-state index is 0.0938. The summed E-state index contributed by atoms with van der Waals surface area (Å²) in [6.07, 6.45) is 2.19. The van der Waals surface area contributed by atoms with Gasteiger partial charge in [0.05, 0.1) is 18.8 Å². The molecule has 1 fully saturated rings. The lowest BCUT2D eigenvalue weighted by Crippen LogP contribution is -2.50. The molecule has 2 N–H and O–H groups in total. The first-order valence-electron chi connectivity index (χ1n) is 6.88. The van der Waals surface area contributed by atoms with Crippen molar-refractivity contribution in [1.82, 2.24) is 4.90 Å². The number of rotatable bonds is 4. The molecular formula is C15H24N2OS.